The van der Waals surface area contributed by atoms with Crippen molar-refractivity contribution in [3.05, 3.63) is 42.0 Å². The highest BCUT2D eigenvalue weighted by Crippen LogP contribution is 2.36. The molecule has 1 aromatic carbocycles. The van der Waals surface area contributed by atoms with E-state index in [4.69, 9.17) is 5.11 Å². The number of rotatable bonds is 5. The number of hydrogen-bond donors (Lipinski definition) is 2. The Morgan fingerprint density at radius 3 is 2.68 bits per heavy atom. The lowest BCUT2D eigenvalue weighted by Crippen LogP contribution is -2.13. The molecule has 8 heteroatoms. The zero-order valence-corrected chi connectivity index (χ0v) is 11.7. The van der Waals surface area contributed by atoms with E-state index in [1.54, 1.807) is 6.92 Å². The van der Waals surface area contributed by atoms with Gasteiger partial charge < -0.3 is 15.0 Å². The SMILES string of the molecule is Cc1nccn1-c1ccc(NCCC(=O)O)cc1C(F)(F)F. The number of alkyl halides is 3. The van der Waals surface area contributed by atoms with Gasteiger partial charge in [-0.15, -0.1) is 0 Å². The van der Waals surface area contributed by atoms with Crippen molar-refractivity contribution < 1.29 is 23.1 Å². The summed E-state index contributed by atoms with van der Waals surface area (Å²) in [5.41, 5.74) is -0.615. The normalized spacial score (nSPS) is 11.5. The predicted octanol–water partition coefficient (Wildman–Crippen LogP) is 3.09. The van der Waals surface area contributed by atoms with Crippen LogP contribution in [0.25, 0.3) is 5.69 Å². The third-order valence-corrected chi connectivity index (χ3v) is 3.06. The third kappa shape index (κ3) is 3.57. The molecule has 1 aromatic heterocycles. The number of carbonyl (C=O) groups is 1. The standard InChI is InChI=1S/C14H14F3N3O2/c1-9-18-6-7-20(9)12-3-2-10(19-5-4-13(21)22)8-11(12)14(15,16)17/h2-3,6-8,19H,4-5H2,1H3,(H,21,22). The van der Waals surface area contributed by atoms with Crippen molar-refractivity contribution in [3.63, 3.8) is 0 Å². The smallest absolute Gasteiger partial charge is 0.418 e. The maximum atomic E-state index is 13.2. The van der Waals surface area contributed by atoms with Gasteiger partial charge >= 0.3 is 12.1 Å². The van der Waals surface area contributed by atoms with Gasteiger partial charge in [0, 0.05) is 24.6 Å². The lowest BCUT2D eigenvalue weighted by atomic mass is 10.1. The minimum atomic E-state index is -4.53. The van der Waals surface area contributed by atoms with Gasteiger partial charge in [0.15, 0.2) is 0 Å². The van der Waals surface area contributed by atoms with Crippen LogP contribution in [0.1, 0.15) is 17.8 Å². The summed E-state index contributed by atoms with van der Waals surface area (Å²) in [7, 11) is 0. The molecule has 0 fully saturated rings. The number of benzene rings is 1. The van der Waals surface area contributed by atoms with E-state index in [1.807, 2.05) is 0 Å². The largest absolute Gasteiger partial charge is 0.481 e. The molecule has 0 atom stereocenters. The summed E-state index contributed by atoms with van der Waals surface area (Å²) >= 11 is 0. The molecular weight excluding hydrogens is 299 g/mol. The fourth-order valence-corrected chi connectivity index (χ4v) is 2.03. The van der Waals surface area contributed by atoms with Crippen LogP contribution in [0.15, 0.2) is 30.6 Å². The lowest BCUT2D eigenvalue weighted by molar-refractivity contribution is -0.138. The second-order valence-electron chi connectivity index (χ2n) is 4.64. The van der Waals surface area contributed by atoms with Crippen LogP contribution >= 0.6 is 0 Å². The summed E-state index contributed by atoms with van der Waals surface area (Å²) in [6.07, 6.45) is -1.83. The first-order valence-corrected chi connectivity index (χ1v) is 6.46. The number of halogens is 3. The maximum absolute atomic E-state index is 13.2. The molecule has 1 heterocycles. The van der Waals surface area contributed by atoms with E-state index in [-0.39, 0.29) is 24.3 Å². The molecule has 0 bridgehead atoms. The molecule has 0 amide bonds. The number of imidazole rings is 1. The van der Waals surface area contributed by atoms with Gasteiger partial charge in [-0.3, -0.25) is 4.79 Å². The summed E-state index contributed by atoms with van der Waals surface area (Å²) in [6.45, 7) is 1.66. The first-order chi connectivity index (χ1) is 10.3. The molecule has 2 N–H and O–H groups in total. The number of aromatic nitrogens is 2. The van der Waals surface area contributed by atoms with Gasteiger partial charge in [0.2, 0.25) is 0 Å². The van der Waals surface area contributed by atoms with Gasteiger partial charge in [0.05, 0.1) is 17.7 Å². The quantitative estimate of drug-likeness (QED) is 0.890. The first-order valence-electron chi connectivity index (χ1n) is 6.46. The Hall–Kier alpha value is -2.51. The second kappa shape index (κ2) is 6.08. The number of carboxylic acid groups (broad SMARTS) is 1. The Morgan fingerprint density at radius 1 is 1.41 bits per heavy atom. The van der Waals surface area contributed by atoms with Crippen LogP contribution in [-0.4, -0.2) is 27.2 Å². The van der Waals surface area contributed by atoms with Crippen molar-refractivity contribution in [2.45, 2.75) is 19.5 Å². The molecule has 22 heavy (non-hydrogen) atoms. The highest BCUT2D eigenvalue weighted by atomic mass is 19.4. The molecule has 2 aromatic rings. The van der Waals surface area contributed by atoms with Crippen LogP contribution in [0.3, 0.4) is 0 Å². The molecular formula is C14H14F3N3O2. The zero-order valence-electron chi connectivity index (χ0n) is 11.7. The van der Waals surface area contributed by atoms with E-state index in [9.17, 15) is 18.0 Å². The Balaban J connectivity index is 2.36. The average molecular weight is 313 g/mol. The molecule has 0 spiro atoms. The van der Waals surface area contributed by atoms with E-state index < -0.39 is 17.7 Å². The van der Waals surface area contributed by atoms with Crippen LogP contribution in [-0.2, 0) is 11.0 Å². The maximum Gasteiger partial charge on any atom is 0.418 e. The molecule has 0 saturated carbocycles. The van der Waals surface area contributed by atoms with Gasteiger partial charge in [-0.1, -0.05) is 0 Å². The van der Waals surface area contributed by atoms with Crippen molar-refractivity contribution in [1.82, 2.24) is 9.55 Å². The minimum Gasteiger partial charge on any atom is -0.481 e. The highest BCUT2D eigenvalue weighted by Gasteiger charge is 2.34. The van der Waals surface area contributed by atoms with Crippen molar-refractivity contribution in [2.75, 3.05) is 11.9 Å². The second-order valence-corrected chi connectivity index (χ2v) is 4.64. The van der Waals surface area contributed by atoms with Crippen LogP contribution in [0, 0.1) is 6.92 Å². The van der Waals surface area contributed by atoms with Gasteiger partial charge in [-0.05, 0) is 25.1 Å². The number of nitrogens with zero attached hydrogens (tertiary/aromatic N) is 2. The number of aryl methyl sites for hydroxylation is 1. The molecule has 118 valence electrons. The van der Waals surface area contributed by atoms with Crippen LogP contribution in [0.2, 0.25) is 0 Å². The Bertz CT molecular complexity index is 680. The molecule has 2 rings (SSSR count). The van der Waals surface area contributed by atoms with Crippen molar-refractivity contribution in [3.8, 4) is 5.69 Å². The fourth-order valence-electron chi connectivity index (χ4n) is 2.03. The predicted molar refractivity (Wildman–Crippen MR) is 74.0 cm³/mol. The van der Waals surface area contributed by atoms with Gasteiger partial charge in [0.25, 0.3) is 0 Å². The monoisotopic (exact) mass is 313 g/mol. The summed E-state index contributed by atoms with van der Waals surface area (Å²) in [6, 6.07) is 3.78. The number of aliphatic carboxylic acids is 1. The summed E-state index contributed by atoms with van der Waals surface area (Å²) < 4.78 is 41.1. The van der Waals surface area contributed by atoms with E-state index in [2.05, 4.69) is 10.3 Å². The Morgan fingerprint density at radius 2 is 2.14 bits per heavy atom. The fraction of sp³-hybridized carbons (Fsp3) is 0.286. The lowest BCUT2D eigenvalue weighted by Gasteiger charge is -2.16. The summed E-state index contributed by atoms with van der Waals surface area (Å²) in [5.74, 6) is -0.578. The Labute approximate surface area is 124 Å². The van der Waals surface area contributed by atoms with Crippen LogP contribution in [0.4, 0.5) is 18.9 Å². The van der Waals surface area contributed by atoms with Crippen molar-refractivity contribution in [2.24, 2.45) is 0 Å². The van der Waals surface area contributed by atoms with E-state index in [0.29, 0.717) is 5.82 Å². The zero-order chi connectivity index (χ0) is 16.3. The summed E-state index contributed by atoms with van der Waals surface area (Å²) in [4.78, 5) is 14.4. The Kier molecular flexibility index (Phi) is 4.39. The van der Waals surface area contributed by atoms with Gasteiger partial charge in [0.1, 0.15) is 5.82 Å². The topological polar surface area (TPSA) is 67.2 Å². The first kappa shape index (κ1) is 15.9. The van der Waals surface area contributed by atoms with E-state index in [1.165, 1.54) is 29.1 Å². The molecule has 0 aliphatic heterocycles. The summed E-state index contributed by atoms with van der Waals surface area (Å²) in [5, 5.41) is 11.2. The highest BCUT2D eigenvalue weighted by molar-refractivity contribution is 5.67. The molecule has 0 saturated heterocycles. The number of anilines is 1. The van der Waals surface area contributed by atoms with Crippen LogP contribution in [0.5, 0.6) is 0 Å². The number of hydrogen-bond acceptors (Lipinski definition) is 3. The molecule has 5 nitrogen and oxygen atoms in total. The van der Waals surface area contributed by atoms with Crippen LogP contribution < -0.4 is 5.32 Å². The third-order valence-electron chi connectivity index (χ3n) is 3.06. The van der Waals surface area contributed by atoms with Crippen molar-refractivity contribution in [1.29, 1.82) is 0 Å². The van der Waals surface area contributed by atoms with E-state index >= 15 is 0 Å². The number of nitrogens with one attached hydrogen (secondary N) is 1. The van der Waals surface area contributed by atoms with Crippen molar-refractivity contribution >= 4 is 11.7 Å². The molecule has 0 radical (unpaired) electrons. The number of carboxylic acids is 1. The molecule has 0 aliphatic carbocycles. The minimum absolute atomic E-state index is 0.0220. The molecule has 0 aliphatic rings. The molecule has 0 unspecified atom stereocenters. The van der Waals surface area contributed by atoms with Gasteiger partial charge in [-0.25, -0.2) is 4.98 Å². The van der Waals surface area contributed by atoms with E-state index in [0.717, 1.165) is 6.07 Å². The average Bonchev–Trinajstić information content (AvgIpc) is 2.83. The van der Waals surface area contributed by atoms with Gasteiger partial charge in [-0.2, -0.15) is 13.2 Å².